The highest BCUT2D eigenvalue weighted by Crippen LogP contribution is 2.11. The van der Waals surface area contributed by atoms with Gasteiger partial charge in [0, 0.05) is 18.8 Å². The Labute approximate surface area is 92.1 Å². The van der Waals surface area contributed by atoms with E-state index in [0.717, 1.165) is 25.8 Å². The summed E-state index contributed by atoms with van der Waals surface area (Å²) in [5.41, 5.74) is 2.47. The second-order valence-corrected chi connectivity index (χ2v) is 4.12. The van der Waals surface area contributed by atoms with E-state index < -0.39 is 0 Å². The van der Waals surface area contributed by atoms with Crippen molar-refractivity contribution in [1.29, 1.82) is 0 Å². The Bertz CT molecular complexity index is 294. The number of hydrogen-bond acceptors (Lipinski definition) is 2. The molecule has 0 amide bonds. The third-order valence-corrected chi connectivity index (χ3v) is 2.78. The Morgan fingerprint density at radius 1 is 1.47 bits per heavy atom. The van der Waals surface area contributed by atoms with Crippen molar-refractivity contribution < 1.29 is 5.11 Å². The molecule has 15 heavy (non-hydrogen) atoms. The van der Waals surface area contributed by atoms with Crippen molar-refractivity contribution >= 4 is 0 Å². The van der Waals surface area contributed by atoms with E-state index in [4.69, 9.17) is 5.11 Å². The second kappa shape index (κ2) is 5.91. The average molecular weight is 210 g/mol. The molecule has 0 aliphatic carbocycles. The van der Waals surface area contributed by atoms with E-state index >= 15 is 0 Å². The van der Waals surface area contributed by atoms with Gasteiger partial charge in [-0.05, 0) is 38.2 Å². The topological polar surface area (TPSA) is 38.0 Å². The molecule has 1 heterocycles. The van der Waals surface area contributed by atoms with Crippen LogP contribution in [0.1, 0.15) is 38.6 Å². The van der Waals surface area contributed by atoms with Gasteiger partial charge in [0.1, 0.15) is 0 Å². The summed E-state index contributed by atoms with van der Waals surface area (Å²) in [6, 6.07) is 2.19. The molecule has 0 fully saturated rings. The maximum atomic E-state index is 8.97. The van der Waals surface area contributed by atoms with Crippen molar-refractivity contribution in [2.75, 3.05) is 6.61 Å². The highest BCUT2D eigenvalue weighted by molar-refractivity contribution is 5.10. The summed E-state index contributed by atoms with van der Waals surface area (Å²) >= 11 is 0. The van der Waals surface area contributed by atoms with Gasteiger partial charge in [0.25, 0.3) is 0 Å². The SMILES string of the molecule is CCc1cc(CCC(C)CO)n(CC)n1. The second-order valence-electron chi connectivity index (χ2n) is 4.12. The zero-order valence-electron chi connectivity index (χ0n) is 10.0. The smallest absolute Gasteiger partial charge is 0.0624 e. The molecule has 0 aliphatic heterocycles. The molecule has 3 heteroatoms. The normalized spacial score (nSPS) is 13.1. The fourth-order valence-electron chi connectivity index (χ4n) is 1.65. The van der Waals surface area contributed by atoms with Gasteiger partial charge in [-0.25, -0.2) is 0 Å². The highest BCUT2D eigenvalue weighted by Gasteiger charge is 2.07. The van der Waals surface area contributed by atoms with Gasteiger partial charge in [0.05, 0.1) is 5.69 Å². The van der Waals surface area contributed by atoms with Crippen LogP contribution in [0.3, 0.4) is 0 Å². The molecule has 1 N–H and O–H groups in total. The minimum Gasteiger partial charge on any atom is -0.396 e. The molecule has 0 aliphatic rings. The molecule has 0 saturated carbocycles. The van der Waals surface area contributed by atoms with Crippen molar-refractivity contribution in [3.8, 4) is 0 Å². The number of aryl methyl sites for hydroxylation is 3. The lowest BCUT2D eigenvalue weighted by atomic mass is 10.1. The Morgan fingerprint density at radius 2 is 2.20 bits per heavy atom. The monoisotopic (exact) mass is 210 g/mol. The molecule has 0 radical (unpaired) electrons. The molecule has 86 valence electrons. The van der Waals surface area contributed by atoms with Crippen LogP contribution in [0.2, 0.25) is 0 Å². The van der Waals surface area contributed by atoms with Gasteiger partial charge >= 0.3 is 0 Å². The van der Waals surface area contributed by atoms with Crippen LogP contribution in [-0.4, -0.2) is 21.5 Å². The third kappa shape index (κ3) is 3.34. The molecule has 1 rings (SSSR count). The molecular formula is C12H22N2O. The Kier molecular flexibility index (Phi) is 4.82. The van der Waals surface area contributed by atoms with Crippen LogP contribution in [0, 0.1) is 5.92 Å². The van der Waals surface area contributed by atoms with Crippen LogP contribution < -0.4 is 0 Å². The van der Waals surface area contributed by atoms with Crippen molar-refractivity contribution in [3.63, 3.8) is 0 Å². The maximum Gasteiger partial charge on any atom is 0.0624 e. The fourth-order valence-corrected chi connectivity index (χ4v) is 1.65. The van der Waals surface area contributed by atoms with Gasteiger partial charge in [-0.2, -0.15) is 5.10 Å². The third-order valence-electron chi connectivity index (χ3n) is 2.78. The lowest BCUT2D eigenvalue weighted by Crippen LogP contribution is -2.07. The number of aliphatic hydroxyl groups excluding tert-OH is 1. The number of rotatable bonds is 6. The van der Waals surface area contributed by atoms with E-state index in [1.54, 1.807) is 0 Å². The first kappa shape index (κ1) is 12.2. The molecule has 1 atom stereocenters. The van der Waals surface area contributed by atoms with E-state index in [1.807, 2.05) is 0 Å². The minimum atomic E-state index is 0.279. The van der Waals surface area contributed by atoms with Crippen LogP contribution in [0.4, 0.5) is 0 Å². The summed E-state index contributed by atoms with van der Waals surface area (Å²) in [5, 5.41) is 13.5. The van der Waals surface area contributed by atoms with Crippen LogP contribution in [0.15, 0.2) is 6.07 Å². The largest absolute Gasteiger partial charge is 0.396 e. The Balaban J connectivity index is 2.62. The maximum absolute atomic E-state index is 8.97. The molecule has 3 nitrogen and oxygen atoms in total. The fraction of sp³-hybridized carbons (Fsp3) is 0.750. The first-order valence-corrected chi connectivity index (χ1v) is 5.87. The van der Waals surface area contributed by atoms with Gasteiger partial charge in [0.15, 0.2) is 0 Å². The summed E-state index contributed by atoms with van der Waals surface area (Å²) in [4.78, 5) is 0. The van der Waals surface area contributed by atoms with Gasteiger partial charge in [-0.1, -0.05) is 13.8 Å². The standard InChI is InChI=1S/C12H22N2O/c1-4-11-8-12(14(5-2)13-11)7-6-10(3)9-15/h8,10,15H,4-7,9H2,1-3H3. The molecule has 0 saturated heterocycles. The molecule has 1 unspecified atom stereocenters. The van der Waals surface area contributed by atoms with E-state index in [9.17, 15) is 0 Å². The summed E-state index contributed by atoms with van der Waals surface area (Å²) in [7, 11) is 0. The lowest BCUT2D eigenvalue weighted by molar-refractivity contribution is 0.230. The van der Waals surface area contributed by atoms with Gasteiger partial charge in [0.2, 0.25) is 0 Å². The Morgan fingerprint density at radius 3 is 2.73 bits per heavy atom. The quantitative estimate of drug-likeness (QED) is 0.780. The van der Waals surface area contributed by atoms with E-state index in [1.165, 1.54) is 11.4 Å². The zero-order chi connectivity index (χ0) is 11.3. The van der Waals surface area contributed by atoms with Crippen molar-refractivity contribution in [3.05, 3.63) is 17.5 Å². The van der Waals surface area contributed by atoms with Crippen LogP contribution in [-0.2, 0) is 19.4 Å². The molecular weight excluding hydrogens is 188 g/mol. The highest BCUT2D eigenvalue weighted by atomic mass is 16.3. The number of hydrogen-bond donors (Lipinski definition) is 1. The van der Waals surface area contributed by atoms with Gasteiger partial charge in [-0.3, -0.25) is 4.68 Å². The molecule has 1 aromatic heterocycles. The van der Waals surface area contributed by atoms with Gasteiger partial charge < -0.3 is 5.11 Å². The van der Waals surface area contributed by atoms with Crippen LogP contribution in [0.25, 0.3) is 0 Å². The number of nitrogens with zero attached hydrogens (tertiary/aromatic N) is 2. The first-order chi connectivity index (χ1) is 7.21. The van der Waals surface area contributed by atoms with Crippen LogP contribution >= 0.6 is 0 Å². The summed E-state index contributed by atoms with van der Waals surface area (Å²) in [6.07, 6.45) is 3.05. The summed E-state index contributed by atoms with van der Waals surface area (Å²) in [6.45, 7) is 7.53. The lowest BCUT2D eigenvalue weighted by Gasteiger charge is -2.08. The zero-order valence-corrected chi connectivity index (χ0v) is 10.0. The van der Waals surface area contributed by atoms with Crippen molar-refractivity contribution in [2.24, 2.45) is 5.92 Å². The van der Waals surface area contributed by atoms with Gasteiger partial charge in [-0.15, -0.1) is 0 Å². The predicted molar refractivity (Wildman–Crippen MR) is 61.8 cm³/mol. The summed E-state index contributed by atoms with van der Waals surface area (Å²) in [5.74, 6) is 0.385. The first-order valence-electron chi connectivity index (χ1n) is 5.87. The van der Waals surface area contributed by atoms with E-state index in [-0.39, 0.29) is 6.61 Å². The molecule has 1 aromatic rings. The Hall–Kier alpha value is -0.830. The van der Waals surface area contributed by atoms with E-state index in [0.29, 0.717) is 5.92 Å². The predicted octanol–water partition coefficient (Wildman–Crippen LogP) is 2.03. The molecule has 0 bridgehead atoms. The minimum absolute atomic E-state index is 0.279. The number of aromatic nitrogens is 2. The van der Waals surface area contributed by atoms with Crippen LogP contribution in [0.5, 0.6) is 0 Å². The summed E-state index contributed by atoms with van der Waals surface area (Å²) < 4.78 is 2.07. The van der Waals surface area contributed by atoms with Crippen molar-refractivity contribution in [2.45, 2.75) is 46.6 Å². The van der Waals surface area contributed by atoms with E-state index in [2.05, 4.69) is 36.6 Å². The molecule has 0 spiro atoms. The molecule has 0 aromatic carbocycles. The number of aliphatic hydroxyl groups is 1. The van der Waals surface area contributed by atoms with Crippen molar-refractivity contribution in [1.82, 2.24) is 9.78 Å². The average Bonchev–Trinajstić information content (AvgIpc) is 2.68.